The summed E-state index contributed by atoms with van der Waals surface area (Å²) in [6.45, 7) is 0. The monoisotopic (exact) mass is 372 g/mol. The molecular weight excluding hydrogens is 360 g/mol. The average Bonchev–Trinajstić information content (AvgIpc) is 3.11. The van der Waals surface area contributed by atoms with E-state index in [0.29, 0.717) is 16.1 Å². The van der Waals surface area contributed by atoms with E-state index in [9.17, 15) is 9.59 Å². The van der Waals surface area contributed by atoms with Crippen LogP contribution in [0.2, 0.25) is 0 Å². The van der Waals surface area contributed by atoms with Crippen LogP contribution in [0.5, 0.6) is 0 Å². The lowest BCUT2D eigenvalue weighted by molar-refractivity contribution is 0.0997. The lowest BCUT2D eigenvalue weighted by Gasteiger charge is -2.02. The Morgan fingerprint density at radius 3 is 2.63 bits per heavy atom. The SMILES string of the molecule is O=C(Nc1nc2c(ccc3ccccc32)s1)c1cc(=O)c2ccccc2o1. The standard InChI is InChI=1S/C21H12N2O3S/c24-15-11-17(26-16-8-4-3-7-14(15)16)20(25)23-21-22-19-13-6-2-1-5-12(13)9-10-18(19)27-21/h1-11H,(H,22,23,25). The Balaban J connectivity index is 1.54. The number of hydrogen-bond acceptors (Lipinski definition) is 5. The van der Waals surface area contributed by atoms with E-state index in [1.165, 1.54) is 17.4 Å². The topological polar surface area (TPSA) is 72.2 Å². The Morgan fingerprint density at radius 2 is 1.74 bits per heavy atom. The van der Waals surface area contributed by atoms with Crippen LogP contribution in [-0.2, 0) is 0 Å². The fourth-order valence-electron chi connectivity index (χ4n) is 3.09. The third-order valence-corrected chi connectivity index (χ3v) is 5.30. The third kappa shape index (κ3) is 2.67. The summed E-state index contributed by atoms with van der Waals surface area (Å²) in [5.74, 6) is -0.538. The predicted molar refractivity (Wildman–Crippen MR) is 108 cm³/mol. The van der Waals surface area contributed by atoms with Gasteiger partial charge in [0.25, 0.3) is 5.91 Å². The normalized spacial score (nSPS) is 11.3. The number of aromatic nitrogens is 1. The minimum atomic E-state index is -0.499. The summed E-state index contributed by atoms with van der Waals surface area (Å²) in [5, 5.41) is 5.77. The summed E-state index contributed by atoms with van der Waals surface area (Å²) in [7, 11) is 0. The van der Waals surface area contributed by atoms with Gasteiger partial charge in [0.05, 0.1) is 15.6 Å². The highest BCUT2D eigenvalue weighted by molar-refractivity contribution is 7.22. The number of amides is 1. The average molecular weight is 372 g/mol. The van der Waals surface area contributed by atoms with Crippen LogP contribution >= 0.6 is 11.3 Å². The van der Waals surface area contributed by atoms with Crippen molar-refractivity contribution in [2.45, 2.75) is 0 Å². The molecule has 130 valence electrons. The van der Waals surface area contributed by atoms with Gasteiger partial charge in [-0.05, 0) is 23.6 Å². The zero-order valence-corrected chi connectivity index (χ0v) is 14.7. The molecule has 2 heterocycles. The molecule has 0 aliphatic rings. The van der Waals surface area contributed by atoms with Gasteiger partial charge in [-0.1, -0.05) is 53.8 Å². The van der Waals surface area contributed by atoms with Crippen LogP contribution in [-0.4, -0.2) is 10.9 Å². The van der Waals surface area contributed by atoms with Crippen molar-refractivity contribution in [2.75, 3.05) is 5.32 Å². The van der Waals surface area contributed by atoms with Crippen LogP contribution in [0.25, 0.3) is 32.0 Å². The van der Waals surface area contributed by atoms with Crippen molar-refractivity contribution in [2.24, 2.45) is 0 Å². The highest BCUT2D eigenvalue weighted by Crippen LogP contribution is 2.31. The molecule has 5 nitrogen and oxygen atoms in total. The molecule has 0 saturated heterocycles. The molecule has 0 saturated carbocycles. The molecule has 5 aromatic rings. The quantitative estimate of drug-likeness (QED) is 0.483. The van der Waals surface area contributed by atoms with Crippen LogP contribution in [0, 0.1) is 0 Å². The van der Waals surface area contributed by atoms with Gasteiger partial charge in [0.1, 0.15) is 5.58 Å². The molecule has 0 unspecified atom stereocenters. The first kappa shape index (κ1) is 15.7. The zero-order chi connectivity index (χ0) is 18.4. The van der Waals surface area contributed by atoms with Crippen molar-refractivity contribution < 1.29 is 9.21 Å². The summed E-state index contributed by atoms with van der Waals surface area (Å²) in [4.78, 5) is 29.3. The molecular formula is C21H12N2O3S. The van der Waals surface area contributed by atoms with Gasteiger partial charge in [-0.15, -0.1) is 0 Å². The van der Waals surface area contributed by atoms with Crippen LogP contribution in [0.1, 0.15) is 10.6 Å². The maximum Gasteiger partial charge on any atom is 0.293 e. The van der Waals surface area contributed by atoms with Gasteiger partial charge >= 0.3 is 0 Å². The predicted octanol–water partition coefficient (Wildman–Crippen LogP) is 4.81. The van der Waals surface area contributed by atoms with Crippen LogP contribution in [0.4, 0.5) is 5.13 Å². The number of benzene rings is 3. The van der Waals surface area contributed by atoms with E-state index in [-0.39, 0.29) is 11.2 Å². The summed E-state index contributed by atoms with van der Waals surface area (Å²) in [6.07, 6.45) is 0. The molecule has 0 aliphatic carbocycles. The molecule has 0 spiro atoms. The fraction of sp³-hybridized carbons (Fsp3) is 0. The molecule has 1 N–H and O–H groups in total. The molecule has 0 atom stereocenters. The first-order valence-electron chi connectivity index (χ1n) is 8.31. The van der Waals surface area contributed by atoms with E-state index in [1.54, 1.807) is 24.3 Å². The lowest BCUT2D eigenvalue weighted by atomic mass is 10.1. The van der Waals surface area contributed by atoms with E-state index in [2.05, 4.69) is 10.3 Å². The van der Waals surface area contributed by atoms with Gasteiger partial charge in [0.15, 0.2) is 16.3 Å². The Kier molecular flexibility index (Phi) is 3.51. The van der Waals surface area contributed by atoms with Crippen molar-refractivity contribution in [3.63, 3.8) is 0 Å². The Bertz CT molecular complexity index is 1400. The summed E-state index contributed by atoms with van der Waals surface area (Å²) in [5.41, 5.74) is 0.969. The number of anilines is 1. The van der Waals surface area contributed by atoms with E-state index in [0.717, 1.165) is 21.0 Å². The third-order valence-electron chi connectivity index (χ3n) is 4.36. The van der Waals surface area contributed by atoms with Gasteiger partial charge in [-0.2, -0.15) is 0 Å². The van der Waals surface area contributed by atoms with Crippen molar-refractivity contribution in [3.05, 3.63) is 82.7 Å². The summed E-state index contributed by atoms with van der Waals surface area (Å²) in [6, 6.07) is 20.0. The molecule has 0 fully saturated rings. The summed E-state index contributed by atoms with van der Waals surface area (Å²) < 4.78 is 6.56. The van der Waals surface area contributed by atoms with Crippen molar-refractivity contribution in [3.8, 4) is 0 Å². The van der Waals surface area contributed by atoms with E-state index >= 15 is 0 Å². The van der Waals surface area contributed by atoms with E-state index in [4.69, 9.17) is 4.42 Å². The van der Waals surface area contributed by atoms with Gasteiger partial charge in [-0.3, -0.25) is 14.9 Å². The smallest absolute Gasteiger partial charge is 0.293 e. The molecule has 0 aliphatic heterocycles. The van der Waals surface area contributed by atoms with Gasteiger partial charge < -0.3 is 4.42 Å². The first-order chi connectivity index (χ1) is 13.2. The second-order valence-corrected chi connectivity index (χ2v) is 7.11. The maximum atomic E-state index is 12.6. The number of hydrogen-bond donors (Lipinski definition) is 1. The summed E-state index contributed by atoms with van der Waals surface area (Å²) >= 11 is 1.38. The van der Waals surface area contributed by atoms with Gasteiger partial charge in [-0.25, -0.2) is 4.98 Å². The number of carbonyl (C=O) groups excluding carboxylic acids is 1. The number of fused-ring (bicyclic) bond motifs is 4. The van der Waals surface area contributed by atoms with Crippen LogP contribution in [0.15, 0.2) is 75.9 Å². The van der Waals surface area contributed by atoms with Crippen LogP contribution < -0.4 is 10.7 Å². The minimum absolute atomic E-state index is 0.0391. The molecule has 3 aromatic carbocycles. The number of thiazole rings is 1. The van der Waals surface area contributed by atoms with Crippen molar-refractivity contribution >= 4 is 54.3 Å². The highest BCUT2D eigenvalue weighted by Gasteiger charge is 2.15. The number of para-hydroxylation sites is 1. The van der Waals surface area contributed by atoms with Gasteiger partial charge in [0.2, 0.25) is 0 Å². The van der Waals surface area contributed by atoms with E-state index < -0.39 is 5.91 Å². The van der Waals surface area contributed by atoms with E-state index in [1.807, 2.05) is 36.4 Å². The number of nitrogens with one attached hydrogen (secondary N) is 1. The Labute approximate surface area is 156 Å². The fourth-order valence-corrected chi connectivity index (χ4v) is 3.97. The molecule has 0 bridgehead atoms. The Hall–Kier alpha value is -3.51. The second kappa shape index (κ2) is 6.03. The first-order valence-corrected chi connectivity index (χ1v) is 9.13. The molecule has 27 heavy (non-hydrogen) atoms. The zero-order valence-electron chi connectivity index (χ0n) is 13.9. The van der Waals surface area contributed by atoms with Gasteiger partial charge in [0, 0.05) is 11.5 Å². The molecule has 0 radical (unpaired) electrons. The minimum Gasteiger partial charge on any atom is -0.451 e. The number of rotatable bonds is 2. The Morgan fingerprint density at radius 1 is 0.963 bits per heavy atom. The highest BCUT2D eigenvalue weighted by atomic mass is 32.1. The molecule has 6 heteroatoms. The van der Waals surface area contributed by atoms with Crippen LogP contribution in [0.3, 0.4) is 0 Å². The van der Waals surface area contributed by atoms with Crippen molar-refractivity contribution in [1.82, 2.24) is 4.98 Å². The second-order valence-electron chi connectivity index (χ2n) is 6.08. The molecule has 2 aromatic heterocycles. The molecule has 1 amide bonds. The maximum absolute atomic E-state index is 12.6. The number of carbonyl (C=O) groups is 1. The molecule has 5 rings (SSSR count). The van der Waals surface area contributed by atoms with Crippen molar-refractivity contribution in [1.29, 1.82) is 0 Å². The largest absolute Gasteiger partial charge is 0.451 e. The number of nitrogens with zero attached hydrogens (tertiary/aromatic N) is 1. The lowest BCUT2D eigenvalue weighted by Crippen LogP contribution is -2.14.